The summed E-state index contributed by atoms with van der Waals surface area (Å²) in [4.78, 5) is 14.8. The van der Waals surface area contributed by atoms with Crippen molar-refractivity contribution >= 4 is 16.9 Å². The maximum Gasteiger partial charge on any atom is 0.337 e. The van der Waals surface area contributed by atoms with Gasteiger partial charge in [-0.25, -0.2) is 14.2 Å². The number of para-hydroxylation sites is 1. The number of benzene rings is 1. The van der Waals surface area contributed by atoms with E-state index < -0.39 is 11.8 Å². The summed E-state index contributed by atoms with van der Waals surface area (Å²) in [6.07, 6.45) is 0. The fourth-order valence-corrected chi connectivity index (χ4v) is 1.47. The van der Waals surface area contributed by atoms with E-state index in [4.69, 9.17) is 5.11 Å². The van der Waals surface area contributed by atoms with Crippen molar-refractivity contribution in [1.29, 1.82) is 0 Å². The van der Waals surface area contributed by atoms with Crippen LogP contribution >= 0.6 is 0 Å². The van der Waals surface area contributed by atoms with E-state index in [1.807, 2.05) is 0 Å². The molecule has 2 rings (SSSR count). The van der Waals surface area contributed by atoms with Gasteiger partial charge < -0.3 is 5.11 Å². The molecule has 3 nitrogen and oxygen atoms in total. The van der Waals surface area contributed by atoms with Crippen LogP contribution in [0.2, 0.25) is 0 Å². The van der Waals surface area contributed by atoms with Gasteiger partial charge in [-0.15, -0.1) is 0 Å². The smallest absolute Gasteiger partial charge is 0.337 e. The van der Waals surface area contributed by atoms with Crippen LogP contribution in [-0.2, 0) is 0 Å². The van der Waals surface area contributed by atoms with Crippen LogP contribution in [0.15, 0.2) is 24.3 Å². The minimum atomic E-state index is -1.05. The van der Waals surface area contributed by atoms with Crippen molar-refractivity contribution in [2.75, 3.05) is 0 Å². The van der Waals surface area contributed by atoms with E-state index in [1.165, 1.54) is 18.2 Å². The Morgan fingerprint density at radius 3 is 2.87 bits per heavy atom. The lowest BCUT2D eigenvalue weighted by Gasteiger charge is -2.03. The van der Waals surface area contributed by atoms with Crippen molar-refractivity contribution in [2.45, 2.75) is 6.92 Å². The van der Waals surface area contributed by atoms with Gasteiger partial charge in [0.2, 0.25) is 0 Å². The summed E-state index contributed by atoms with van der Waals surface area (Å²) in [5, 5.41) is 9.36. The molecule has 0 aliphatic rings. The van der Waals surface area contributed by atoms with Gasteiger partial charge in [-0.3, -0.25) is 0 Å². The Morgan fingerprint density at radius 2 is 2.20 bits per heavy atom. The van der Waals surface area contributed by atoms with Crippen molar-refractivity contribution in [3.8, 4) is 0 Å². The van der Waals surface area contributed by atoms with E-state index in [0.717, 1.165) is 0 Å². The highest BCUT2D eigenvalue weighted by Gasteiger charge is 2.11. The highest BCUT2D eigenvalue weighted by atomic mass is 19.1. The van der Waals surface area contributed by atoms with Crippen LogP contribution in [0, 0.1) is 12.7 Å². The summed E-state index contributed by atoms with van der Waals surface area (Å²) in [5.41, 5.74) is 0.633. The zero-order valence-electron chi connectivity index (χ0n) is 7.99. The zero-order chi connectivity index (χ0) is 11.0. The van der Waals surface area contributed by atoms with E-state index in [9.17, 15) is 9.18 Å². The summed E-state index contributed by atoms with van der Waals surface area (Å²) >= 11 is 0. The summed E-state index contributed by atoms with van der Waals surface area (Å²) in [6, 6.07) is 5.90. The Bertz CT molecular complexity index is 552. The second-order valence-electron chi connectivity index (χ2n) is 3.24. The molecule has 1 N–H and O–H groups in total. The van der Waals surface area contributed by atoms with Crippen LogP contribution in [0.1, 0.15) is 16.1 Å². The lowest BCUT2D eigenvalue weighted by atomic mass is 10.1. The average Bonchev–Trinajstić information content (AvgIpc) is 2.18. The molecule has 0 unspecified atom stereocenters. The van der Waals surface area contributed by atoms with Crippen LogP contribution in [0.4, 0.5) is 4.39 Å². The second-order valence-corrected chi connectivity index (χ2v) is 3.24. The summed E-state index contributed by atoms with van der Waals surface area (Å²) in [5.74, 6) is -1.49. The number of rotatable bonds is 1. The molecule has 0 atom stereocenters. The fraction of sp³-hybridized carbons (Fsp3) is 0.0909. The molecule has 2 aromatic rings. The van der Waals surface area contributed by atoms with Crippen molar-refractivity contribution in [3.05, 3.63) is 41.3 Å². The van der Waals surface area contributed by atoms with E-state index in [2.05, 4.69) is 4.98 Å². The molecule has 0 aliphatic carbocycles. The van der Waals surface area contributed by atoms with Gasteiger partial charge in [-0.2, -0.15) is 0 Å². The van der Waals surface area contributed by atoms with Crippen LogP contribution in [-0.4, -0.2) is 16.1 Å². The van der Waals surface area contributed by atoms with E-state index in [0.29, 0.717) is 11.1 Å². The predicted molar refractivity (Wildman–Crippen MR) is 53.4 cm³/mol. The first-order chi connectivity index (χ1) is 7.09. The van der Waals surface area contributed by atoms with Crippen molar-refractivity contribution in [3.63, 3.8) is 0 Å². The molecule has 0 aliphatic heterocycles. The van der Waals surface area contributed by atoms with Crippen molar-refractivity contribution in [2.24, 2.45) is 0 Å². The average molecular weight is 205 g/mol. The lowest BCUT2D eigenvalue weighted by molar-refractivity contribution is 0.0696. The number of aryl methyl sites for hydroxylation is 1. The normalized spacial score (nSPS) is 10.5. The van der Waals surface area contributed by atoms with Crippen molar-refractivity contribution in [1.82, 2.24) is 4.98 Å². The lowest BCUT2D eigenvalue weighted by Crippen LogP contribution is -2.02. The SMILES string of the molecule is Cc1nc2c(F)cccc2cc1C(=O)O. The number of pyridine rings is 1. The standard InChI is InChI=1S/C11H8FNO2/c1-6-8(11(14)15)5-7-3-2-4-9(12)10(7)13-6/h2-5H,1H3,(H,14,15). The Kier molecular flexibility index (Phi) is 2.11. The Morgan fingerprint density at radius 1 is 1.47 bits per heavy atom. The van der Waals surface area contributed by atoms with Gasteiger partial charge in [0.15, 0.2) is 0 Å². The monoisotopic (exact) mass is 205 g/mol. The number of hydrogen-bond acceptors (Lipinski definition) is 2. The number of carbonyl (C=O) groups is 1. The molecule has 0 amide bonds. The third kappa shape index (κ3) is 1.54. The number of nitrogens with zero attached hydrogens (tertiary/aromatic N) is 1. The molecular weight excluding hydrogens is 197 g/mol. The van der Waals surface area contributed by atoms with Gasteiger partial charge in [0.05, 0.1) is 11.3 Å². The molecule has 0 saturated heterocycles. The summed E-state index contributed by atoms with van der Waals surface area (Å²) in [6.45, 7) is 1.55. The first-order valence-corrected chi connectivity index (χ1v) is 4.39. The van der Waals surface area contributed by atoms with Gasteiger partial charge in [-0.05, 0) is 19.1 Å². The molecule has 1 aromatic carbocycles. The molecule has 15 heavy (non-hydrogen) atoms. The minimum Gasteiger partial charge on any atom is -0.478 e. The maximum atomic E-state index is 13.3. The molecular formula is C11H8FNO2. The quantitative estimate of drug-likeness (QED) is 0.777. The number of aromatic nitrogens is 1. The van der Waals surface area contributed by atoms with E-state index in [-0.39, 0.29) is 11.1 Å². The molecule has 0 fully saturated rings. The number of aromatic carboxylic acids is 1. The zero-order valence-corrected chi connectivity index (χ0v) is 7.99. The minimum absolute atomic E-state index is 0.105. The first kappa shape index (κ1) is 9.58. The van der Waals surface area contributed by atoms with Crippen LogP contribution in [0.5, 0.6) is 0 Å². The summed E-state index contributed by atoms with van der Waals surface area (Å²) < 4.78 is 13.3. The number of hydrogen-bond donors (Lipinski definition) is 1. The molecule has 0 radical (unpaired) electrons. The topological polar surface area (TPSA) is 50.2 Å². The molecule has 0 bridgehead atoms. The van der Waals surface area contributed by atoms with Gasteiger partial charge in [0.25, 0.3) is 0 Å². The van der Waals surface area contributed by atoms with Crippen LogP contribution in [0.3, 0.4) is 0 Å². The highest BCUT2D eigenvalue weighted by Crippen LogP contribution is 2.18. The number of carboxylic acids is 1. The number of fused-ring (bicyclic) bond motifs is 1. The Labute approximate surface area is 85.2 Å². The largest absolute Gasteiger partial charge is 0.478 e. The van der Waals surface area contributed by atoms with Gasteiger partial charge in [-0.1, -0.05) is 12.1 Å². The number of carboxylic acid groups (broad SMARTS) is 1. The van der Waals surface area contributed by atoms with Gasteiger partial charge in [0, 0.05) is 5.39 Å². The Hall–Kier alpha value is -1.97. The fourth-order valence-electron chi connectivity index (χ4n) is 1.47. The maximum absolute atomic E-state index is 13.3. The second kappa shape index (κ2) is 3.31. The van der Waals surface area contributed by atoms with Crippen molar-refractivity contribution < 1.29 is 14.3 Å². The molecule has 0 spiro atoms. The molecule has 1 aromatic heterocycles. The van der Waals surface area contributed by atoms with Gasteiger partial charge >= 0.3 is 5.97 Å². The number of halogens is 1. The third-order valence-corrected chi connectivity index (χ3v) is 2.22. The predicted octanol–water partition coefficient (Wildman–Crippen LogP) is 2.38. The summed E-state index contributed by atoms with van der Waals surface area (Å²) in [7, 11) is 0. The molecule has 76 valence electrons. The first-order valence-electron chi connectivity index (χ1n) is 4.39. The molecule has 0 saturated carbocycles. The van der Waals surface area contributed by atoms with E-state index >= 15 is 0 Å². The molecule has 1 heterocycles. The van der Waals surface area contributed by atoms with E-state index in [1.54, 1.807) is 13.0 Å². The van der Waals surface area contributed by atoms with Gasteiger partial charge in [0.1, 0.15) is 11.3 Å². The third-order valence-electron chi connectivity index (χ3n) is 2.22. The highest BCUT2D eigenvalue weighted by molar-refractivity contribution is 5.94. The Balaban J connectivity index is 2.82. The van der Waals surface area contributed by atoms with Crippen LogP contribution in [0.25, 0.3) is 10.9 Å². The van der Waals surface area contributed by atoms with Crippen LogP contribution < -0.4 is 0 Å². The molecule has 4 heteroatoms.